The van der Waals surface area contributed by atoms with E-state index in [-0.39, 0.29) is 11.7 Å². The Morgan fingerprint density at radius 1 is 1.28 bits per heavy atom. The van der Waals surface area contributed by atoms with Crippen molar-refractivity contribution >= 4 is 57.5 Å². The molecule has 128 valence electrons. The first kappa shape index (κ1) is 18.2. The summed E-state index contributed by atoms with van der Waals surface area (Å²) >= 11 is 9.41. The molecule has 0 saturated carbocycles. The molecule has 2 aromatic carbocycles. The number of thioether (sulfide) groups is 1. The molecule has 1 amide bonds. The van der Waals surface area contributed by atoms with E-state index in [9.17, 15) is 4.79 Å². The van der Waals surface area contributed by atoms with E-state index in [0.717, 1.165) is 20.4 Å². The van der Waals surface area contributed by atoms with Crippen LogP contribution in [0.25, 0.3) is 11.4 Å². The molecular formula is C17H14ClIN4OS. The molecule has 5 nitrogen and oxygen atoms in total. The second-order valence-electron chi connectivity index (χ2n) is 5.27. The number of anilines is 1. The van der Waals surface area contributed by atoms with Crippen LogP contribution in [0.1, 0.15) is 5.56 Å². The van der Waals surface area contributed by atoms with E-state index < -0.39 is 0 Å². The maximum Gasteiger partial charge on any atom is 0.234 e. The van der Waals surface area contributed by atoms with Crippen LogP contribution >= 0.6 is 46.0 Å². The standard InChI is InChI=1S/C17H14ClIN4OS/c1-10-8-13(19)6-7-14(10)20-15(24)9-25-17-21-16(22-23-17)11-2-4-12(18)5-3-11/h2-8H,9H2,1H3,(H,20,24)(H,21,22,23). The molecule has 0 atom stereocenters. The molecule has 0 radical (unpaired) electrons. The van der Waals surface area contributed by atoms with Gasteiger partial charge in [-0.1, -0.05) is 23.4 Å². The highest BCUT2D eigenvalue weighted by atomic mass is 127. The molecule has 0 aliphatic carbocycles. The van der Waals surface area contributed by atoms with Gasteiger partial charge < -0.3 is 5.32 Å². The van der Waals surface area contributed by atoms with E-state index in [1.165, 1.54) is 11.8 Å². The van der Waals surface area contributed by atoms with Gasteiger partial charge in [-0.15, -0.1) is 5.10 Å². The normalized spacial score (nSPS) is 10.7. The first-order valence-corrected chi connectivity index (χ1v) is 9.82. The van der Waals surface area contributed by atoms with Crippen LogP contribution in [-0.2, 0) is 4.79 Å². The summed E-state index contributed by atoms with van der Waals surface area (Å²) in [6.45, 7) is 1.97. The summed E-state index contributed by atoms with van der Waals surface area (Å²) in [4.78, 5) is 16.5. The number of H-pyrrole nitrogens is 1. The summed E-state index contributed by atoms with van der Waals surface area (Å²) in [5.41, 5.74) is 2.75. The minimum atomic E-state index is -0.0906. The fourth-order valence-corrected chi connectivity index (χ4v) is 3.50. The molecule has 0 fully saturated rings. The topological polar surface area (TPSA) is 70.7 Å². The number of rotatable bonds is 5. The Labute approximate surface area is 168 Å². The lowest BCUT2D eigenvalue weighted by Crippen LogP contribution is -2.15. The zero-order valence-corrected chi connectivity index (χ0v) is 16.9. The maximum atomic E-state index is 12.1. The van der Waals surface area contributed by atoms with Gasteiger partial charge in [-0.25, -0.2) is 4.98 Å². The van der Waals surface area contributed by atoms with Crippen LogP contribution in [0.2, 0.25) is 5.02 Å². The van der Waals surface area contributed by atoms with Crippen molar-refractivity contribution in [1.82, 2.24) is 15.2 Å². The molecule has 25 heavy (non-hydrogen) atoms. The zero-order valence-electron chi connectivity index (χ0n) is 13.2. The Morgan fingerprint density at radius 3 is 2.76 bits per heavy atom. The fraction of sp³-hybridized carbons (Fsp3) is 0.118. The Kier molecular flexibility index (Phi) is 5.98. The second-order valence-corrected chi connectivity index (χ2v) is 7.89. The van der Waals surface area contributed by atoms with Crippen LogP contribution in [0, 0.1) is 10.5 Å². The lowest BCUT2D eigenvalue weighted by Gasteiger charge is -2.07. The number of carbonyl (C=O) groups excluding carboxylic acids is 1. The number of hydrogen-bond donors (Lipinski definition) is 2. The third kappa shape index (κ3) is 4.96. The summed E-state index contributed by atoms with van der Waals surface area (Å²) in [5.74, 6) is 0.795. The Hall–Kier alpha value is -1.58. The summed E-state index contributed by atoms with van der Waals surface area (Å²) in [7, 11) is 0. The molecule has 2 N–H and O–H groups in total. The van der Waals surface area contributed by atoms with Crippen molar-refractivity contribution in [3.63, 3.8) is 0 Å². The molecule has 3 rings (SSSR count). The first-order chi connectivity index (χ1) is 12.0. The number of benzene rings is 2. The Balaban J connectivity index is 1.58. The van der Waals surface area contributed by atoms with Crippen molar-refractivity contribution in [2.24, 2.45) is 0 Å². The molecule has 1 aromatic heterocycles. The van der Waals surface area contributed by atoms with Crippen molar-refractivity contribution < 1.29 is 4.79 Å². The van der Waals surface area contributed by atoms with Crippen molar-refractivity contribution in [1.29, 1.82) is 0 Å². The fourth-order valence-electron chi connectivity index (χ4n) is 2.13. The van der Waals surface area contributed by atoms with Crippen LogP contribution < -0.4 is 5.32 Å². The average molecular weight is 485 g/mol. The van der Waals surface area contributed by atoms with Gasteiger partial charge in [0.15, 0.2) is 5.82 Å². The van der Waals surface area contributed by atoms with Gasteiger partial charge in [0.05, 0.1) is 5.75 Å². The number of carbonyl (C=O) groups is 1. The monoisotopic (exact) mass is 484 g/mol. The summed E-state index contributed by atoms with van der Waals surface area (Å²) in [5, 5.41) is 11.1. The SMILES string of the molecule is Cc1cc(I)ccc1NC(=O)CSc1n[nH]c(-c2ccc(Cl)cc2)n1. The Bertz CT molecular complexity index is 898. The van der Waals surface area contributed by atoms with E-state index in [2.05, 4.69) is 43.1 Å². The predicted molar refractivity (Wildman–Crippen MR) is 110 cm³/mol. The van der Waals surface area contributed by atoms with Gasteiger partial charge in [-0.3, -0.25) is 9.89 Å². The van der Waals surface area contributed by atoms with Crippen molar-refractivity contribution in [2.75, 3.05) is 11.1 Å². The largest absolute Gasteiger partial charge is 0.325 e. The number of amides is 1. The van der Waals surface area contributed by atoms with Gasteiger partial charge >= 0.3 is 0 Å². The number of aromatic nitrogens is 3. The van der Waals surface area contributed by atoms with Crippen LogP contribution in [0.4, 0.5) is 5.69 Å². The lowest BCUT2D eigenvalue weighted by molar-refractivity contribution is -0.113. The highest BCUT2D eigenvalue weighted by molar-refractivity contribution is 14.1. The van der Waals surface area contributed by atoms with E-state index in [1.54, 1.807) is 12.1 Å². The van der Waals surface area contributed by atoms with E-state index in [0.29, 0.717) is 16.0 Å². The minimum Gasteiger partial charge on any atom is -0.325 e. The molecular weight excluding hydrogens is 471 g/mol. The van der Waals surface area contributed by atoms with Gasteiger partial charge in [0.2, 0.25) is 11.1 Å². The molecule has 8 heteroatoms. The number of nitrogens with one attached hydrogen (secondary N) is 2. The van der Waals surface area contributed by atoms with Gasteiger partial charge in [0, 0.05) is 19.8 Å². The van der Waals surface area contributed by atoms with Crippen LogP contribution in [-0.4, -0.2) is 26.8 Å². The van der Waals surface area contributed by atoms with Crippen molar-refractivity contribution in [3.05, 3.63) is 56.6 Å². The van der Waals surface area contributed by atoms with Crippen LogP contribution in [0.3, 0.4) is 0 Å². The number of nitrogens with zero attached hydrogens (tertiary/aromatic N) is 2. The third-order valence-electron chi connectivity index (χ3n) is 3.38. The number of aryl methyl sites for hydroxylation is 1. The minimum absolute atomic E-state index is 0.0906. The second kappa shape index (κ2) is 8.20. The predicted octanol–water partition coefficient (Wildman–Crippen LogP) is 4.77. The van der Waals surface area contributed by atoms with Crippen LogP contribution in [0.5, 0.6) is 0 Å². The van der Waals surface area contributed by atoms with Crippen LogP contribution in [0.15, 0.2) is 47.6 Å². The van der Waals surface area contributed by atoms with E-state index >= 15 is 0 Å². The van der Waals surface area contributed by atoms with E-state index in [4.69, 9.17) is 11.6 Å². The van der Waals surface area contributed by atoms with Gasteiger partial charge in [0.25, 0.3) is 0 Å². The van der Waals surface area contributed by atoms with Gasteiger partial charge in [0.1, 0.15) is 0 Å². The molecule has 0 aliphatic heterocycles. The van der Waals surface area contributed by atoms with Crippen molar-refractivity contribution in [3.8, 4) is 11.4 Å². The molecule has 1 heterocycles. The first-order valence-electron chi connectivity index (χ1n) is 7.38. The maximum absolute atomic E-state index is 12.1. The highest BCUT2D eigenvalue weighted by Crippen LogP contribution is 2.22. The highest BCUT2D eigenvalue weighted by Gasteiger charge is 2.10. The summed E-state index contributed by atoms with van der Waals surface area (Å²) < 4.78 is 1.14. The summed E-state index contributed by atoms with van der Waals surface area (Å²) in [6, 6.07) is 13.2. The van der Waals surface area contributed by atoms with Gasteiger partial charge in [-0.2, -0.15) is 0 Å². The average Bonchev–Trinajstić information content (AvgIpc) is 3.05. The quantitative estimate of drug-likeness (QED) is 0.404. The molecule has 0 spiro atoms. The number of aromatic amines is 1. The lowest BCUT2D eigenvalue weighted by atomic mass is 10.2. The van der Waals surface area contributed by atoms with Crippen molar-refractivity contribution in [2.45, 2.75) is 12.1 Å². The Morgan fingerprint density at radius 2 is 2.04 bits per heavy atom. The molecule has 0 aliphatic rings. The van der Waals surface area contributed by atoms with E-state index in [1.807, 2.05) is 37.3 Å². The van der Waals surface area contributed by atoms with Gasteiger partial charge in [-0.05, 0) is 77.5 Å². The number of hydrogen-bond acceptors (Lipinski definition) is 4. The summed E-state index contributed by atoms with van der Waals surface area (Å²) in [6.07, 6.45) is 0. The molecule has 0 saturated heterocycles. The third-order valence-corrected chi connectivity index (χ3v) is 5.15. The molecule has 0 bridgehead atoms. The molecule has 3 aromatic rings. The zero-order chi connectivity index (χ0) is 17.8. The smallest absolute Gasteiger partial charge is 0.234 e. The number of halogens is 2. The molecule has 0 unspecified atom stereocenters.